The molecule has 0 spiro atoms. The van der Waals surface area contributed by atoms with Gasteiger partial charge in [0.2, 0.25) is 5.91 Å². The maximum atomic E-state index is 13.3. The molecule has 1 amide bonds. The highest BCUT2D eigenvalue weighted by Crippen LogP contribution is 2.38. The van der Waals surface area contributed by atoms with Crippen molar-refractivity contribution < 1.29 is 9.53 Å². The molecule has 4 nitrogen and oxygen atoms in total. The maximum absolute atomic E-state index is 13.3. The van der Waals surface area contributed by atoms with E-state index in [1.165, 1.54) is 0 Å². The number of hydrogen-bond donors (Lipinski definition) is 1. The van der Waals surface area contributed by atoms with E-state index in [9.17, 15) is 4.79 Å². The average Bonchev–Trinajstić information content (AvgIpc) is 2.55. The van der Waals surface area contributed by atoms with E-state index in [1.807, 2.05) is 17.0 Å². The molecule has 1 aromatic rings. The van der Waals surface area contributed by atoms with Gasteiger partial charge in [-0.3, -0.25) is 4.79 Å². The molecule has 1 aromatic carbocycles. The number of benzene rings is 1. The number of carbonyl (C=O) groups excluding carboxylic acids is 1. The Balaban J connectivity index is 1.93. The van der Waals surface area contributed by atoms with Gasteiger partial charge in [-0.25, -0.2) is 0 Å². The summed E-state index contributed by atoms with van der Waals surface area (Å²) in [7, 11) is 0. The molecule has 22 heavy (non-hydrogen) atoms. The SMILES string of the molecule is N[C@H]1CCCN(C(=O)C2(c3cccc(Br)c3)CCOCC2)C1. The van der Waals surface area contributed by atoms with Crippen molar-refractivity contribution in [1.29, 1.82) is 0 Å². The molecule has 2 fully saturated rings. The van der Waals surface area contributed by atoms with Crippen molar-refractivity contribution in [2.45, 2.75) is 37.1 Å². The summed E-state index contributed by atoms with van der Waals surface area (Å²) < 4.78 is 6.54. The van der Waals surface area contributed by atoms with E-state index in [4.69, 9.17) is 10.5 Å². The van der Waals surface area contributed by atoms with Gasteiger partial charge in [-0.05, 0) is 43.4 Å². The Bertz CT molecular complexity index is 543. The van der Waals surface area contributed by atoms with Crippen LogP contribution in [0.3, 0.4) is 0 Å². The standard InChI is InChI=1S/C17H23BrN2O2/c18-14-4-1-3-13(11-14)17(6-9-22-10-7-17)16(21)20-8-2-5-15(19)12-20/h1,3-4,11,15H,2,5-10,12,19H2/t15-/m0/s1. The van der Waals surface area contributed by atoms with E-state index in [1.54, 1.807) is 0 Å². The van der Waals surface area contributed by atoms with Gasteiger partial charge in [0.1, 0.15) is 0 Å². The number of nitrogens with two attached hydrogens (primary N) is 1. The summed E-state index contributed by atoms with van der Waals surface area (Å²) in [6.07, 6.45) is 3.50. The first-order valence-corrected chi connectivity index (χ1v) is 8.80. The highest BCUT2D eigenvalue weighted by molar-refractivity contribution is 9.10. The fraction of sp³-hybridized carbons (Fsp3) is 0.588. The van der Waals surface area contributed by atoms with E-state index in [2.05, 4.69) is 28.1 Å². The first kappa shape index (κ1) is 16.0. The van der Waals surface area contributed by atoms with E-state index in [0.717, 1.165) is 42.3 Å². The zero-order valence-electron chi connectivity index (χ0n) is 12.8. The second-order valence-corrected chi connectivity index (χ2v) is 7.27. The minimum Gasteiger partial charge on any atom is -0.381 e. The summed E-state index contributed by atoms with van der Waals surface area (Å²) in [6, 6.07) is 8.26. The molecule has 2 saturated heterocycles. The Labute approximate surface area is 140 Å². The van der Waals surface area contributed by atoms with Gasteiger partial charge >= 0.3 is 0 Å². The molecule has 1 atom stereocenters. The Morgan fingerprint density at radius 1 is 1.36 bits per heavy atom. The summed E-state index contributed by atoms with van der Waals surface area (Å²) in [6.45, 7) is 2.77. The number of halogens is 1. The normalized spacial score (nSPS) is 25.0. The van der Waals surface area contributed by atoms with E-state index in [-0.39, 0.29) is 11.9 Å². The lowest BCUT2D eigenvalue weighted by atomic mass is 9.72. The van der Waals surface area contributed by atoms with Gasteiger partial charge in [-0.1, -0.05) is 28.1 Å². The summed E-state index contributed by atoms with van der Waals surface area (Å²) in [5.41, 5.74) is 6.71. The molecule has 0 saturated carbocycles. The Kier molecular flexibility index (Phi) is 4.85. The lowest BCUT2D eigenvalue weighted by molar-refractivity contribution is -0.142. The Morgan fingerprint density at radius 3 is 2.82 bits per heavy atom. The minimum absolute atomic E-state index is 0.108. The lowest BCUT2D eigenvalue weighted by Gasteiger charge is -2.42. The van der Waals surface area contributed by atoms with E-state index >= 15 is 0 Å². The van der Waals surface area contributed by atoms with Gasteiger partial charge in [0.15, 0.2) is 0 Å². The number of likely N-dealkylation sites (tertiary alicyclic amines) is 1. The molecule has 3 rings (SSSR count). The zero-order valence-corrected chi connectivity index (χ0v) is 14.3. The third kappa shape index (κ3) is 3.07. The molecule has 0 aromatic heterocycles. The summed E-state index contributed by atoms with van der Waals surface area (Å²) in [5, 5.41) is 0. The lowest BCUT2D eigenvalue weighted by Crippen LogP contribution is -2.54. The third-order valence-corrected chi connectivity index (χ3v) is 5.37. The van der Waals surface area contributed by atoms with Crippen LogP contribution in [0, 0.1) is 0 Å². The van der Waals surface area contributed by atoms with Crippen LogP contribution < -0.4 is 5.73 Å². The molecule has 2 aliphatic heterocycles. The molecule has 2 aliphatic rings. The maximum Gasteiger partial charge on any atom is 0.233 e. The van der Waals surface area contributed by atoms with Gasteiger partial charge in [-0.15, -0.1) is 0 Å². The minimum atomic E-state index is -0.459. The molecule has 0 bridgehead atoms. The van der Waals surface area contributed by atoms with Crippen molar-refractivity contribution >= 4 is 21.8 Å². The molecular weight excluding hydrogens is 344 g/mol. The average molecular weight is 367 g/mol. The Morgan fingerprint density at radius 2 is 2.14 bits per heavy atom. The van der Waals surface area contributed by atoms with Crippen molar-refractivity contribution in [1.82, 2.24) is 4.90 Å². The predicted octanol–water partition coefficient (Wildman–Crippen LogP) is 2.45. The van der Waals surface area contributed by atoms with Crippen LogP contribution in [0.25, 0.3) is 0 Å². The number of ether oxygens (including phenoxy) is 1. The molecule has 5 heteroatoms. The predicted molar refractivity (Wildman–Crippen MR) is 89.7 cm³/mol. The van der Waals surface area contributed by atoms with E-state index in [0.29, 0.717) is 19.8 Å². The number of hydrogen-bond acceptors (Lipinski definition) is 3. The summed E-state index contributed by atoms with van der Waals surface area (Å²) in [4.78, 5) is 15.3. The van der Waals surface area contributed by atoms with E-state index < -0.39 is 5.41 Å². The quantitative estimate of drug-likeness (QED) is 0.874. The van der Waals surface area contributed by atoms with Crippen molar-refractivity contribution in [2.24, 2.45) is 5.73 Å². The monoisotopic (exact) mass is 366 g/mol. The van der Waals surface area contributed by atoms with Crippen molar-refractivity contribution in [3.05, 3.63) is 34.3 Å². The van der Waals surface area contributed by atoms with Gasteiger partial charge in [0.05, 0.1) is 5.41 Å². The van der Waals surface area contributed by atoms with Gasteiger partial charge in [-0.2, -0.15) is 0 Å². The van der Waals surface area contributed by atoms with Crippen LogP contribution in [0.4, 0.5) is 0 Å². The highest BCUT2D eigenvalue weighted by Gasteiger charge is 2.44. The van der Waals surface area contributed by atoms with Crippen LogP contribution in [0.2, 0.25) is 0 Å². The summed E-state index contributed by atoms with van der Waals surface area (Å²) in [5.74, 6) is 0.226. The van der Waals surface area contributed by atoms with Crippen LogP contribution in [-0.2, 0) is 14.9 Å². The first-order chi connectivity index (χ1) is 10.6. The van der Waals surface area contributed by atoms with Crippen LogP contribution in [0.1, 0.15) is 31.2 Å². The Hall–Kier alpha value is -0.910. The number of carbonyl (C=O) groups is 1. The fourth-order valence-corrected chi connectivity index (χ4v) is 4.03. The number of rotatable bonds is 2. The summed E-state index contributed by atoms with van der Waals surface area (Å²) >= 11 is 3.53. The molecule has 0 radical (unpaired) electrons. The van der Waals surface area contributed by atoms with Crippen LogP contribution in [0.5, 0.6) is 0 Å². The smallest absolute Gasteiger partial charge is 0.233 e. The second kappa shape index (κ2) is 6.69. The van der Waals surface area contributed by atoms with Crippen LogP contribution in [-0.4, -0.2) is 43.2 Å². The third-order valence-electron chi connectivity index (χ3n) is 4.88. The topological polar surface area (TPSA) is 55.6 Å². The first-order valence-electron chi connectivity index (χ1n) is 8.00. The molecule has 120 valence electrons. The zero-order chi connectivity index (χ0) is 15.6. The number of nitrogens with zero attached hydrogens (tertiary/aromatic N) is 1. The van der Waals surface area contributed by atoms with Crippen molar-refractivity contribution in [3.63, 3.8) is 0 Å². The fourth-order valence-electron chi connectivity index (χ4n) is 3.63. The van der Waals surface area contributed by atoms with Crippen LogP contribution in [0.15, 0.2) is 28.7 Å². The number of piperidine rings is 1. The molecular formula is C17H23BrN2O2. The second-order valence-electron chi connectivity index (χ2n) is 6.36. The van der Waals surface area contributed by atoms with Crippen molar-refractivity contribution in [3.8, 4) is 0 Å². The largest absolute Gasteiger partial charge is 0.381 e. The highest BCUT2D eigenvalue weighted by atomic mass is 79.9. The molecule has 2 heterocycles. The van der Waals surface area contributed by atoms with Gasteiger partial charge in [0, 0.05) is 36.8 Å². The number of amides is 1. The van der Waals surface area contributed by atoms with Crippen LogP contribution >= 0.6 is 15.9 Å². The molecule has 0 aliphatic carbocycles. The molecule has 0 unspecified atom stereocenters. The van der Waals surface area contributed by atoms with Gasteiger partial charge in [0.25, 0.3) is 0 Å². The molecule has 2 N–H and O–H groups in total. The van der Waals surface area contributed by atoms with Gasteiger partial charge < -0.3 is 15.4 Å². The van der Waals surface area contributed by atoms with Crippen molar-refractivity contribution in [2.75, 3.05) is 26.3 Å².